The molecule has 0 aromatic rings. The van der Waals surface area contributed by atoms with Crippen molar-refractivity contribution in [3.05, 3.63) is 24.3 Å². The van der Waals surface area contributed by atoms with Gasteiger partial charge in [-0.1, -0.05) is 154 Å². The zero-order chi connectivity index (χ0) is 38.2. The molecule has 1 atom stereocenters. The lowest BCUT2D eigenvalue weighted by molar-refractivity contribution is -0.0155. The Morgan fingerprint density at radius 3 is 1.43 bits per heavy atom. The lowest BCUT2D eigenvalue weighted by Crippen LogP contribution is -2.38. The summed E-state index contributed by atoms with van der Waals surface area (Å²) in [6.07, 6.45) is 47.5. The van der Waals surface area contributed by atoms with E-state index in [1.807, 2.05) is 0 Å². The summed E-state index contributed by atoms with van der Waals surface area (Å²) in [5, 5.41) is 0. The van der Waals surface area contributed by atoms with Crippen molar-refractivity contribution >= 4 is 10.3 Å². The predicted molar refractivity (Wildman–Crippen MR) is 228 cm³/mol. The molecule has 1 aliphatic heterocycles. The number of hydrogen-bond acceptors (Lipinski definition) is 6. The summed E-state index contributed by atoms with van der Waals surface area (Å²) in [6, 6.07) is 0. The summed E-state index contributed by atoms with van der Waals surface area (Å²) in [6.45, 7) is 9.32. The van der Waals surface area contributed by atoms with Crippen molar-refractivity contribution in [3.8, 4) is 0 Å². The third-order valence-corrected chi connectivity index (χ3v) is 11.4. The summed E-state index contributed by atoms with van der Waals surface area (Å²) in [5.41, 5.74) is 0. The lowest BCUT2D eigenvalue weighted by Gasteiger charge is -2.19. The minimum atomic E-state index is -3.81. The first-order valence-electron chi connectivity index (χ1n) is 22.9. The maximum Gasteiger partial charge on any atom is 0.335 e. The minimum absolute atomic E-state index is 0.172. The van der Waals surface area contributed by atoms with Gasteiger partial charge < -0.3 is 14.4 Å². The van der Waals surface area contributed by atoms with Gasteiger partial charge in [-0.05, 0) is 90.1 Å². The van der Waals surface area contributed by atoms with Crippen LogP contribution >= 0.6 is 0 Å². The molecular weight excluding hydrogens is 681 g/mol. The summed E-state index contributed by atoms with van der Waals surface area (Å²) < 4.78 is 45.0. The van der Waals surface area contributed by atoms with E-state index >= 15 is 0 Å². The molecule has 1 heterocycles. The van der Waals surface area contributed by atoms with Gasteiger partial charge in [0, 0.05) is 26.3 Å². The first-order chi connectivity index (χ1) is 26.1. The SMILES string of the molecule is CCCCCCCC/C=C\CCCCCCCCOCC(CNS(=O)(=O)OCCN1CCCC1)OCCCCCCCC/C=C\CCCCCCCC. The Balaban J connectivity index is 2.16. The van der Waals surface area contributed by atoms with Crippen molar-refractivity contribution in [1.29, 1.82) is 0 Å². The fraction of sp³-hybridized carbons (Fsp3) is 0.911. The highest BCUT2D eigenvalue weighted by Gasteiger charge is 2.18. The van der Waals surface area contributed by atoms with Crippen LogP contribution in [0.2, 0.25) is 0 Å². The summed E-state index contributed by atoms with van der Waals surface area (Å²) in [7, 11) is -3.81. The molecule has 0 saturated carbocycles. The van der Waals surface area contributed by atoms with Gasteiger partial charge >= 0.3 is 10.3 Å². The van der Waals surface area contributed by atoms with Crippen molar-refractivity contribution in [2.24, 2.45) is 0 Å². The molecule has 8 heteroatoms. The van der Waals surface area contributed by atoms with E-state index < -0.39 is 10.3 Å². The van der Waals surface area contributed by atoms with Gasteiger partial charge in [-0.2, -0.15) is 13.1 Å². The molecule has 1 aliphatic rings. The molecule has 0 bridgehead atoms. The molecule has 0 aliphatic carbocycles. The Bertz CT molecular complexity index is 907. The quantitative estimate of drug-likeness (QED) is 0.0492. The Kier molecular flexibility index (Phi) is 37.4. The van der Waals surface area contributed by atoms with Crippen LogP contribution in [0.25, 0.3) is 0 Å². The Hall–Kier alpha value is -0.770. The average Bonchev–Trinajstić information content (AvgIpc) is 3.67. The van der Waals surface area contributed by atoms with Gasteiger partial charge in [-0.3, -0.25) is 4.18 Å². The molecule has 0 spiro atoms. The lowest BCUT2D eigenvalue weighted by atomic mass is 10.1. The standard InChI is InChI=1S/C45H88N2O5S/c1-3-5-7-9-11-13-15-17-19-21-23-25-27-29-31-35-40-50-44-45(43-46-53(48,49)52-42-39-47-37-33-34-38-47)51-41-36-32-30-28-26-24-22-20-18-16-14-12-10-8-6-4-2/h17-20,45-46H,3-16,21-44H2,1-2H3/b19-17-,20-18-. The molecule has 1 saturated heterocycles. The maximum atomic E-state index is 12.5. The van der Waals surface area contributed by atoms with Crippen LogP contribution in [0, 0.1) is 0 Å². The molecule has 0 aromatic heterocycles. The van der Waals surface area contributed by atoms with Gasteiger partial charge in [-0.25, -0.2) is 0 Å². The molecule has 0 amide bonds. The van der Waals surface area contributed by atoms with Crippen molar-refractivity contribution in [3.63, 3.8) is 0 Å². The van der Waals surface area contributed by atoms with Crippen molar-refractivity contribution in [1.82, 2.24) is 9.62 Å². The number of hydrogen-bond donors (Lipinski definition) is 1. The minimum Gasteiger partial charge on any atom is -0.379 e. The van der Waals surface area contributed by atoms with Crippen molar-refractivity contribution < 1.29 is 22.1 Å². The number of nitrogens with one attached hydrogen (secondary N) is 1. The van der Waals surface area contributed by atoms with E-state index in [1.54, 1.807) is 0 Å². The van der Waals surface area contributed by atoms with Crippen LogP contribution in [0.1, 0.15) is 206 Å². The van der Waals surface area contributed by atoms with Gasteiger partial charge in [0.2, 0.25) is 0 Å². The Labute approximate surface area is 330 Å². The molecule has 0 radical (unpaired) electrons. The highest BCUT2D eigenvalue weighted by Crippen LogP contribution is 2.13. The maximum absolute atomic E-state index is 12.5. The van der Waals surface area contributed by atoms with E-state index in [2.05, 4.69) is 47.8 Å². The second kappa shape index (κ2) is 39.5. The predicted octanol–water partition coefficient (Wildman–Crippen LogP) is 12.4. The monoisotopic (exact) mass is 769 g/mol. The smallest absolute Gasteiger partial charge is 0.335 e. The molecule has 1 unspecified atom stereocenters. The van der Waals surface area contributed by atoms with Gasteiger partial charge in [0.25, 0.3) is 0 Å². The molecule has 314 valence electrons. The largest absolute Gasteiger partial charge is 0.379 e. The topological polar surface area (TPSA) is 77.1 Å². The molecule has 1 rings (SSSR count). The molecule has 7 nitrogen and oxygen atoms in total. The van der Waals surface area contributed by atoms with Crippen LogP contribution in [0.15, 0.2) is 24.3 Å². The first-order valence-corrected chi connectivity index (χ1v) is 24.3. The highest BCUT2D eigenvalue weighted by molar-refractivity contribution is 7.84. The summed E-state index contributed by atoms with van der Waals surface area (Å²) in [4.78, 5) is 2.25. The zero-order valence-corrected chi connectivity index (χ0v) is 36.0. The van der Waals surface area contributed by atoms with Gasteiger partial charge in [0.1, 0.15) is 0 Å². The van der Waals surface area contributed by atoms with Gasteiger partial charge in [-0.15, -0.1) is 0 Å². The molecular formula is C45H88N2O5S. The van der Waals surface area contributed by atoms with E-state index in [0.717, 1.165) is 32.4 Å². The van der Waals surface area contributed by atoms with E-state index in [1.165, 1.54) is 173 Å². The fourth-order valence-corrected chi connectivity index (χ4v) is 7.72. The van der Waals surface area contributed by atoms with Crippen molar-refractivity contribution in [2.45, 2.75) is 213 Å². The number of nitrogens with zero attached hydrogens (tertiary/aromatic N) is 1. The third-order valence-electron chi connectivity index (χ3n) is 10.4. The second-order valence-electron chi connectivity index (χ2n) is 15.6. The highest BCUT2D eigenvalue weighted by atomic mass is 32.2. The van der Waals surface area contributed by atoms with Crippen LogP contribution in [-0.2, 0) is 24.0 Å². The number of unbranched alkanes of at least 4 members (excludes halogenated alkanes) is 24. The zero-order valence-electron chi connectivity index (χ0n) is 35.2. The molecule has 1 fully saturated rings. The molecule has 1 N–H and O–H groups in total. The van der Waals surface area contributed by atoms with Crippen LogP contribution in [0.3, 0.4) is 0 Å². The number of likely N-dealkylation sites (tertiary alicyclic amines) is 1. The summed E-state index contributed by atoms with van der Waals surface area (Å²) in [5.74, 6) is 0. The molecule has 0 aromatic carbocycles. The van der Waals surface area contributed by atoms with Crippen LogP contribution in [0.5, 0.6) is 0 Å². The summed E-state index contributed by atoms with van der Waals surface area (Å²) >= 11 is 0. The normalized spacial score (nSPS) is 14.8. The van der Waals surface area contributed by atoms with Crippen molar-refractivity contribution in [2.75, 3.05) is 52.6 Å². The fourth-order valence-electron chi connectivity index (χ4n) is 6.95. The molecule has 53 heavy (non-hydrogen) atoms. The van der Waals surface area contributed by atoms with Gasteiger partial charge in [0.05, 0.1) is 19.3 Å². The number of rotatable bonds is 42. The first kappa shape index (κ1) is 50.2. The van der Waals surface area contributed by atoms with Crippen LogP contribution in [-0.4, -0.2) is 72.0 Å². The average molecular weight is 769 g/mol. The van der Waals surface area contributed by atoms with E-state index in [4.69, 9.17) is 13.7 Å². The third kappa shape index (κ3) is 36.6. The number of ether oxygens (including phenoxy) is 2. The number of allylic oxidation sites excluding steroid dienone is 4. The van der Waals surface area contributed by atoms with Crippen LogP contribution in [0.4, 0.5) is 0 Å². The van der Waals surface area contributed by atoms with E-state index in [9.17, 15) is 8.42 Å². The Morgan fingerprint density at radius 1 is 0.547 bits per heavy atom. The van der Waals surface area contributed by atoms with E-state index in [-0.39, 0.29) is 19.3 Å². The van der Waals surface area contributed by atoms with E-state index in [0.29, 0.717) is 26.4 Å². The van der Waals surface area contributed by atoms with Gasteiger partial charge in [0.15, 0.2) is 0 Å². The second-order valence-corrected chi connectivity index (χ2v) is 17.0. The Morgan fingerprint density at radius 2 is 0.962 bits per heavy atom. The van der Waals surface area contributed by atoms with Crippen LogP contribution < -0.4 is 4.72 Å².